The molecule has 2 N–H and O–H groups in total. The average molecular weight is 634 g/mol. The van der Waals surface area contributed by atoms with Crippen LogP contribution in [0.4, 0.5) is 18.9 Å². The molecule has 16 heteroatoms. The first-order valence-electron chi connectivity index (χ1n) is 11.7. The van der Waals surface area contributed by atoms with Gasteiger partial charge in [0.1, 0.15) is 21.9 Å². The lowest BCUT2D eigenvalue weighted by Crippen LogP contribution is -2.25. The molecule has 2 aromatic heterocycles. The molecule has 1 atom stereocenters. The monoisotopic (exact) mass is 632 g/mol. The molecule has 0 saturated heterocycles. The second-order valence-electron chi connectivity index (χ2n) is 8.17. The molecule has 4 aromatic rings. The minimum atomic E-state index is -3.12. The highest BCUT2D eigenvalue weighted by molar-refractivity contribution is 6.33. The van der Waals surface area contributed by atoms with E-state index in [9.17, 15) is 27.6 Å². The van der Waals surface area contributed by atoms with Crippen LogP contribution in [0.3, 0.4) is 0 Å². The van der Waals surface area contributed by atoms with E-state index in [4.69, 9.17) is 45.3 Å². The maximum Gasteiger partial charge on any atom is 0.355 e. The Hall–Kier alpha value is -3.81. The number of anilines is 1. The van der Waals surface area contributed by atoms with Crippen LogP contribution in [0, 0.1) is 12.7 Å². The van der Waals surface area contributed by atoms with E-state index in [1.54, 1.807) is 19.1 Å². The molecule has 0 amide bonds. The molecule has 0 aliphatic rings. The lowest BCUT2D eigenvalue weighted by atomic mass is 10.1. The van der Waals surface area contributed by atoms with E-state index in [0.717, 1.165) is 12.1 Å². The largest absolute Gasteiger partial charge is 0.465 e. The van der Waals surface area contributed by atoms with Crippen LogP contribution >= 0.6 is 34.8 Å². The van der Waals surface area contributed by atoms with E-state index >= 15 is 0 Å². The highest BCUT2D eigenvalue weighted by Gasteiger charge is 2.23. The van der Waals surface area contributed by atoms with Crippen molar-refractivity contribution in [3.63, 3.8) is 0 Å². The molecule has 218 valence electrons. The Labute approximate surface area is 245 Å². The van der Waals surface area contributed by atoms with Crippen molar-refractivity contribution >= 4 is 46.5 Å². The summed E-state index contributed by atoms with van der Waals surface area (Å²) in [6.45, 7) is -0.195. The number of nitrogens with two attached hydrogens (primary N) is 1. The summed E-state index contributed by atoms with van der Waals surface area (Å²) in [7, 11) is 0. The Bertz CT molecular complexity index is 1660. The molecule has 0 aliphatic heterocycles. The fourth-order valence-electron chi connectivity index (χ4n) is 3.47. The predicted molar refractivity (Wildman–Crippen MR) is 148 cm³/mol. The molecule has 0 spiro atoms. The third kappa shape index (κ3) is 7.29. The molecular weight excluding hydrogens is 612 g/mol. The smallest absolute Gasteiger partial charge is 0.355 e. The number of hydrogen-bond donors (Lipinski definition) is 1. The number of nitrogens with zero attached hydrogens (tertiary/aromatic N) is 5. The zero-order valence-corrected chi connectivity index (χ0v) is 23.7. The van der Waals surface area contributed by atoms with Crippen LogP contribution in [0.15, 0.2) is 58.3 Å². The van der Waals surface area contributed by atoms with Crippen LogP contribution in [0.2, 0.25) is 10.0 Å². The number of hydrogen-bond acceptors (Lipinski definition) is 7. The van der Waals surface area contributed by atoms with Gasteiger partial charge in [-0.3, -0.25) is 9.59 Å². The Morgan fingerprint density at radius 1 is 1.12 bits per heavy atom. The zero-order valence-electron chi connectivity index (χ0n) is 21.4. The number of esters is 1. The first-order valence-corrected chi connectivity index (χ1v) is 12.9. The SMILES string of the molecule is CCOC(=O)C(Cl)Cc1cc(-n2nc(C)n(C(F)F)c2=O)c(F)cc1Cl.Nc1cnn(-c2ccccc2)c(=O)c1Cl. The number of halogens is 6. The molecule has 41 heavy (non-hydrogen) atoms. The lowest BCUT2D eigenvalue weighted by molar-refractivity contribution is -0.142. The summed E-state index contributed by atoms with van der Waals surface area (Å²) in [4.78, 5) is 35.4. The maximum absolute atomic E-state index is 14.2. The number of carbonyl (C=O) groups excluding carboxylic acids is 1. The Kier molecular flexibility index (Phi) is 10.6. The van der Waals surface area contributed by atoms with Gasteiger partial charge in [-0.1, -0.05) is 41.4 Å². The number of nitrogen functional groups attached to an aromatic ring is 1. The highest BCUT2D eigenvalue weighted by atomic mass is 35.5. The van der Waals surface area contributed by atoms with E-state index in [1.807, 2.05) is 18.2 Å². The van der Waals surface area contributed by atoms with Crippen molar-refractivity contribution in [3.05, 3.63) is 96.7 Å². The van der Waals surface area contributed by atoms with Crippen LogP contribution in [-0.2, 0) is 16.0 Å². The fourth-order valence-corrected chi connectivity index (χ4v) is 4.05. The van der Waals surface area contributed by atoms with E-state index in [0.29, 0.717) is 10.4 Å². The highest BCUT2D eigenvalue weighted by Crippen LogP contribution is 2.25. The van der Waals surface area contributed by atoms with Crippen molar-refractivity contribution in [2.45, 2.75) is 32.2 Å². The van der Waals surface area contributed by atoms with Gasteiger partial charge in [-0.05, 0) is 43.7 Å². The summed E-state index contributed by atoms with van der Waals surface area (Å²) >= 11 is 17.6. The topological polar surface area (TPSA) is 127 Å². The summed E-state index contributed by atoms with van der Waals surface area (Å²) in [6, 6.07) is 11.0. The van der Waals surface area contributed by atoms with Gasteiger partial charge in [0.2, 0.25) is 0 Å². The molecular formula is C25H22Cl3F3N6O4. The number of aryl methyl sites for hydroxylation is 1. The predicted octanol–water partition coefficient (Wildman–Crippen LogP) is 4.71. The molecule has 1 unspecified atom stereocenters. The van der Waals surface area contributed by atoms with Gasteiger partial charge in [0.05, 0.1) is 24.2 Å². The second-order valence-corrected chi connectivity index (χ2v) is 9.49. The Morgan fingerprint density at radius 2 is 1.78 bits per heavy atom. The van der Waals surface area contributed by atoms with Crippen LogP contribution in [0.1, 0.15) is 24.9 Å². The molecule has 0 saturated carbocycles. The van der Waals surface area contributed by atoms with Gasteiger partial charge in [0.25, 0.3) is 5.56 Å². The van der Waals surface area contributed by atoms with Gasteiger partial charge < -0.3 is 10.5 Å². The van der Waals surface area contributed by atoms with Crippen molar-refractivity contribution in [2.75, 3.05) is 12.3 Å². The molecule has 2 heterocycles. The standard InChI is InChI=1S/C15H14Cl2F3N3O3.C10H8ClN3O/c1-3-26-13(24)10(17)4-8-5-12(11(18)6-9(8)16)23-15(25)22(14(19)20)7(2)21-23;11-9-8(12)6-13-14(10(9)15)7-4-2-1-3-5-7/h5-6,10,14H,3-4H2,1-2H3;1-6H,12H2. The molecule has 0 fully saturated rings. The maximum atomic E-state index is 14.2. The van der Waals surface area contributed by atoms with Crippen molar-refractivity contribution in [1.29, 1.82) is 0 Å². The first kappa shape index (κ1) is 31.7. The second kappa shape index (κ2) is 13.7. The van der Waals surface area contributed by atoms with Gasteiger partial charge >= 0.3 is 18.2 Å². The molecule has 4 rings (SSSR count). The van der Waals surface area contributed by atoms with Crippen LogP contribution in [0.25, 0.3) is 11.4 Å². The number of alkyl halides is 3. The van der Waals surface area contributed by atoms with Crippen LogP contribution in [0.5, 0.6) is 0 Å². The quantitative estimate of drug-likeness (QED) is 0.231. The molecule has 10 nitrogen and oxygen atoms in total. The number of carbonyl (C=O) groups is 1. The third-order valence-corrected chi connectivity index (χ3v) is 6.47. The minimum absolute atomic E-state index is 0.00569. The van der Waals surface area contributed by atoms with Crippen molar-refractivity contribution in [3.8, 4) is 11.4 Å². The molecule has 0 aliphatic carbocycles. The van der Waals surface area contributed by atoms with Crippen molar-refractivity contribution < 1.29 is 22.7 Å². The number of ether oxygens (including phenoxy) is 1. The van der Waals surface area contributed by atoms with Gasteiger partial charge in [0.15, 0.2) is 5.82 Å². The summed E-state index contributed by atoms with van der Waals surface area (Å²) in [5, 5.41) is 6.42. The summed E-state index contributed by atoms with van der Waals surface area (Å²) in [6.07, 6.45) is 1.24. The van der Waals surface area contributed by atoms with Gasteiger partial charge in [0, 0.05) is 11.4 Å². The van der Waals surface area contributed by atoms with E-state index in [2.05, 4.69) is 10.2 Å². The molecule has 2 aromatic carbocycles. The number of para-hydroxylation sites is 1. The van der Waals surface area contributed by atoms with Crippen LogP contribution < -0.4 is 17.0 Å². The Morgan fingerprint density at radius 3 is 2.37 bits per heavy atom. The summed E-state index contributed by atoms with van der Waals surface area (Å²) in [5.74, 6) is -1.92. The van der Waals surface area contributed by atoms with Crippen molar-refractivity contribution in [1.82, 2.24) is 24.1 Å². The third-order valence-electron chi connectivity index (χ3n) is 5.41. The summed E-state index contributed by atoms with van der Waals surface area (Å²) < 4.78 is 46.7. The number of benzene rings is 2. The van der Waals surface area contributed by atoms with Gasteiger partial charge in [-0.15, -0.1) is 16.7 Å². The van der Waals surface area contributed by atoms with Crippen LogP contribution in [-0.4, -0.2) is 42.1 Å². The zero-order chi connectivity index (χ0) is 30.4. The fraction of sp³-hybridized carbons (Fsp3) is 0.240. The van der Waals surface area contributed by atoms with E-state index in [-0.39, 0.29) is 50.4 Å². The lowest BCUT2D eigenvalue weighted by Gasteiger charge is -2.12. The van der Waals surface area contributed by atoms with E-state index in [1.165, 1.54) is 17.8 Å². The number of aromatic nitrogens is 5. The first-order chi connectivity index (χ1) is 19.4. The van der Waals surface area contributed by atoms with Crippen molar-refractivity contribution in [2.24, 2.45) is 0 Å². The number of rotatable bonds is 7. The van der Waals surface area contributed by atoms with E-state index < -0.39 is 35.0 Å². The van der Waals surface area contributed by atoms with Gasteiger partial charge in [-0.2, -0.15) is 23.2 Å². The van der Waals surface area contributed by atoms with Gasteiger partial charge in [-0.25, -0.2) is 13.8 Å². The minimum Gasteiger partial charge on any atom is -0.465 e. The molecule has 0 radical (unpaired) electrons. The normalized spacial score (nSPS) is 11.6. The molecule has 0 bridgehead atoms. The Balaban J connectivity index is 0.000000260. The average Bonchev–Trinajstić information content (AvgIpc) is 3.23. The summed E-state index contributed by atoms with van der Waals surface area (Å²) in [5.41, 5.74) is 4.53.